The van der Waals surface area contributed by atoms with Crippen molar-refractivity contribution in [2.24, 2.45) is 5.92 Å². The number of aromatic nitrogens is 5. The number of piperidine rings is 1. The normalized spacial score (nSPS) is 17.6. The predicted octanol–water partition coefficient (Wildman–Crippen LogP) is 4.36. The van der Waals surface area contributed by atoms with Gasteiger partial charge in [0.1, 0.15) is 17.2 Å². The van der Waals surface area contributed by atoms with E-state index >= 15 is 0 Å². The van der Waals surface area contributed by atoms with Crippen LogP contribution in [0.5, 0.6) is 0 Å². The van der Waals surface area contributed by atoms with Gasteiger partial charge in [-0.2, -0.15) is 5.10 Å². The van der Waals surface area contributed by atoms with E-state index in [9.17, 15) is 19.1 Å². The summed E-state index contributed by atoms with van der Waals surface area (Å²) >= 11 is 5.86. The first-order chi connectivity index (χ1) is 19.7. The van der Waals surface area contributed by atoms with Crippen LogP contribution in [0.2, 0.25) is 5.02 Å². The zero-order valence-electron chi connectivity index (χ0n) is 22.6. The fraction of sp³-hybridized carbons (Fsp3) is 0.414. The lowest BCUT2D eigenvalue weighted by Gasteiger charge is -2.32. The number of carboxylic acids is 1. The standard InChI is InChI=1S/C29H30ClFN6O4/c1-17-14-36(15-19-2-3-20(30)13-22(19)31)34-26(17)28(38)35-9-6-18(7-10-35)12-25-32-23-4-5-24(29(39)40)33-27(23)37(25)16-21-8-11-41-21/h2-5,13-14,18,21H,6-12,15-16H2,1H3,(H,39,40). The molecule has 1 aromatic carbocycles. The smallest absolute Gasteiger partial charge is 0.354 e. The van der Waals surface area contributed by atoms with Crippen molar-refractivity contribution in [3.63, 3.8) is 0 Å². The van der Waals surface area contributed by atoms with Crippen molar-refractivity contribution in [3.8, 4) is 0 Å². The summed E-state index contributed by atoms with van der Waals surface area (Å²) in [4.78, 5) is 35.9. The zero-order valence-corrected chi connectivity index (χ0v) is 23.3. The number of ether oxygens (including phenoxy) is 1. The molecule has 2 aliphatic heterocycles. The van der Waals surface area contributed by atoms with E-state index in [4.69, 9.17) is 21.3 Å². The number of carbonyl (C=O) groups is 2. The van der Waals surface area contributed by atoms with Crippen LogP contribution < -0.4 is 0 Å². The zero-order chi connectivity index (χ0) is 28.7. The van der Waals surface area contributed by atoms with E-state index in [2.05, 4.69) is 10.1 Å². The van der Waals surface area contributed by atoms with Gasteiger partial charge < -0.3 is 19.3 Å². The summed E-state index contributed by atoms with van der Waals surface area (Å²) in [5, 5.41) is 14.2. The van der Waals surface area contributed by atoms with Gasteiger partial charge in [0.05, 0.1) is 19.2 Å². The number of halogens is 2. The molecular weight excluding hydrogens is 551 g/mol. The van der Waals surface area contributed by atoms with Crippen LogP contribution in [-0.2, 0) is 24.2 Å². The Morgan fingerprint density at radius 3 is 2.61 bits per heavy atom. The number of amides is 1. The molecule has 1 amide bonds. The van der Waals surface area contributed by atoms with Gasteiger partial charge >= 0.3 is 5.97 Å². The van der Waals surface area contributed by atoms with Gasteiger partial charge in [-0.1, -0.05) is 17.7 Å². The fourth-order valence-corrected chi connectivity index (χ4v) is 5.69. The molecule has 0 radical (unpaired) electrons. The van der Waals surface area contributed by atoms with Gasteiger partial charge in [-0.3, -0.25) is 9.48 Å². The van der Waals surface area contributed by atoms with E-state index in [-0.39, 0.29) is 24.2 Å². The maximum atomic E-state index is 14.3. The predicted molar refractivity (Wildman–Crippen MR) is 149 cm³/mol. The number of aryl methyl sites for hydroxylation is 1. The third-order valence-electron chi connectivity index (χ3n) is 7.94. The van der Waals surface area contributed by atoms with Crippen LogP contribution in [0.4, 0.5) is 4.39 Å². The van der Waals surface area contributed by atoms with E-state index in [0.717, 1.165) is 37.3 Å². The molecule has 2 aliphatic rings. The van der Waals surface area contributed by atoms with Gasteiger partial charge in [-0.05, 0) is 56.4 Å². The van der Waals surface area contributed by atoms with Crippen LogP contribution in [0.3, 0.4) is 0 Å². The van der Waals surface area contributed by atoms with Crippen molar-refractivity contribution >= 4 is 34.6 Å². The largest absolute Gasteiger partial charge is 0.477 e. The number of hydrogen-bond acceptors (Lipinski definition) is 6. The highest BCUT2D eigenvalue weighted by atomic mass is 35.5. The number of carbonyl (C=O) groups excluding carboxylic acids is 1. The second-order valence-electron chi connectivity index (χ2n) is 10.8. The van der Waals surface area contributed by atoms with Crippen molar-refractivity contribution in [1.29, 1.82) is 0 Å². The minimum Gasteiger partial charge on any atom is -0.477 e. The first-order valence-electron chi connectivity index (χ1n) is 13.7. The summed E-state index contributed by atoms with van der Waals surface area (Å²) in [6, 6.07) is 7.70. The summed E-state index contributed by atoms with van der Waals surface area (Å²) < 4.78 is 23.5. The second kappa shape index (κ2) is 11.2. The van der Waals surface area contributed by atoms with Crippen LogP contribution in [0, 0.1) is 18.7 Å². The molecule has 2 fully saturated rings. The van der Waals surface area contributed by atoms with Gasteiger partial charge in [0.2, 0.25) is 0 Å². The molecule has 41 heavy (non-hydrogen) atoms. The first-order valence-corrected chi connectivity index (χ1v) is 14.1. The summed E-state index contributed by atoms with van der Waals surface area (Å²) in [5.41, 5.74) is 2.78. The number of pyridine rings is 1. The maximum Gasteiger partial charge on any atom is 0.354 e. The quantitative estimate of drug-likeness (QED) is 0.329. The van der Waals surface area contributed by atoms with E-state index in [1.165, 1.54) is 12.1 Å². The first kappa shape index (κ1) is 27.3. The van der Waals surface area contributed by atoms with Crippen LogP contribution in [0.1, 0.15) is 57.2 Å². The molecule has 0 bridgehead atoms. The third kappa shape index (κ3) is 5.69. The summed E-state index contributed by atoms with van der Waals surface area (Å²) in [6.07, 6.45) is 5.08. The van der Waals surface area contributed by atoms with E-state index in [1.807, 2.05) is 16.4 Å². The minimum absolute atomic E-state index is 0.0115. The molecule has 0 saturated carbocycles. The molecule has 1 atom stereocenters. The van der Waals surface area contributed by atoms with Gasteiger partial charge in [0, 0.05) is 48.5 Å². The van der Waals surface area contributed by atoms with Crippen LogP contribution >= 0.6 is 11.6 Å². The van der Waals surface area contributed by atoms with Crippen molar-refractivity contribution in [2.75, 3.05) is 19.7 Å². The van der Waals surface area contributed by atoms with Crippen LogP contribution in [-0.4, -0.2) is 72.0 Å². The fourth-order valence-electron chi connectivity index (χ4n) is 5.53. The molecule has 1 N–H and O–H groups in total. The van der Waals surface area contributed by atoms with Crippen LogP contribution in [0.25, 0.3) is 11.2 Å². The van der Waals surface area contributed by atoms with Gasteiger partial charge in [-0.15, -0.1) is 0 Å². The van der Waals surface area contributed by atoms with Gasteiger partial charge in [0.25, 0.3) is 5.91 Å². The molecule has 12 heteroatoms. The molecule has 2 saturated heterocycles. The summed E-state index contributed by atoms with van der Waals surface area (Å²) in [6.45, 7) is 4.53. The number of nitrogens with zero attached hydrogens (tertiary/aromatic N) is 6. The van der Waals surface area contributed by atoms with E-state index in [0.29, 0.717) is 59.4 Å². The Morgan fingerprint density at radius 2 is 1.93 bits per heavy atom. The number of hydrogen-bond donors (Lipinski definition) is 1. The van der Waals surface area contributed by atoms with Crippen molar-refractivity contribution in [3.05, 3.63) is 75.7 Å². The lowest BCUT2D eigenvalue weighted by atomic mass is 9.93. The molecule has 5 heterocycles. The Morgan fingerprint density at radius 1 is 1.15 bits per heavy atom. The molecule has 0 spiro atoms. The molecule has 4 aromatic rings. The topological polar surface area (TPSA) is 115 Å². The molecule has 214 valence electrons. The van der Waals surface area contributed by atoms with Crippen molar-refractivity contribution in [2.45, 2.75) is 51.8 Å². The highest BCUT2D eigenvalue weighted by Gasteiger charge is 2.29. The SMILES string of the molecule is Cc1cn(Cc2ccc(Cl)cc2F)nc1C(=O)N1CCC(Cc2nc3ccc(C(=O)O)nc3n2CC2CCO2)CC1. The average molecular weight is 581 g/mol. The highest BCUT2D eigenvalue weighted by molar-refractivity contribution is 6.30. The van der Waals surface area contributed by atoms with Crippen molar-refractivity contribution < 1.29 is 23.8 Å². The van der Waals surface area contributed by atoms with Gasteiger partial charge in [0.15, 0.2) is 17.0 Å². The summed E-state index contributed by atoms with van der Waals surface area (Å²) in [5.74, 6) is -0.444. The Hall–Kier alpha value is -3.83. The average Bonchev–Trinajstić information content (AvgIpc) is 3.46. The second-order valence-corrected chi connectivity index (χ2v) is 11.2. The number of aromatic carboxylic acids is 1. The van der Waals surface area contributed by atoms with Crippen molar-refractivity contribution in [1.82, 2.24) is 29.2 Å². The molecule has 10 nitrogen and oxygen atoms in total. The Balaban J connectivity index is 1.12. The molecule has 6 rings (SSSR count). The van der Waals surface area contributed by atoms with E-state index < -0.39 is 11.8 Å². The number of benzene rings is 1. The monoisotopic (exact) mass is 580 g/mol. The van der Waals surface area contributed by atoms with Gasteiger partial charge in [-0.25, -0.2) is 19.2 Å². The maximum absolute atomic E-state index is 14.3. The Labute approximate surface area is 240 Å². The molecule has 1 unspecified atom stereocenters. The summed E-state index contributed by atoms with van der Waals surface area (Å²) in [7, 11) is 0. The lowest BCUT2D eigenvalue weighted by Crippen LogP contribution is -2.39. The number of likely N-dealkylation sites (tertiary alicyclic amines) is 1. The number of imidazole rings is 1. The van der Waals surface area contributed by atoms with E-state index in [1.54, 1.807) is 29.1 Å². The highest BCUT2D eigenvalue weighted by Crippen LogP contribution is 2.27. The number of rotatable bonds is 8. The molecule has 0 aliphatic carbocycles. The number of carboxylic acid groups (broad SMARTS) is 1. The lowest BCUT2D eigenvalue weighted by molar-refractivity contribution is -0.0591. The third-order valence-corrected chi connectivity index (χ3v) is 8.17. The number of fused-ring (bicyclic) bond motifs is 1. The minimum atomic E-state index is -1.07. The Kier molecular flexibility index (Phi) is 7.48. The molecular formula is C29H30ClFN6O4. The van der Waals surface area contributed by atoms with Crippen LogP contribution in [0.15, 0.2) is 36.5 Å². The Bertz CT molecular complexity index is 1620. The molecule has 3 aromatic heterocycles.